The number of quaternary nitrogens is 1. The lowest BCUT2D eigenvalue weighted by molar-refractivity contribution is -0.888. The Labute approximate surface area is 164 Å². The van der Waals surface area contributed by atoms with E-state index in [4.69, 9.17) is 4.74 Å². The van der Waals surface area contributed by atoms with Crippen molar-refractivity contribution in [2.75, 3.05) is 31.6 Å². The maximum atomic E-state index is 12.9. The van der Waals surface area contributed by atoms with Gasteiger partial charge in [0.15, 0.2) is 5.82 Å². The molecule has 2 aromatic rings. The minimum atomic E-state index is -0.337. The SMILES string of the molecule is C[NH+]1CCCC(COC(=O)N2c3ccccc3Sc3cccnc32)C1.[Cl-]. The lowest BCUT2D eigenvalue weighted by Crippen LogP contribution is -3.10. The summed E-state index contributed by atoms with van der Waals surface area (Å²) in [6.07, 6.45) is 3.71. The van der Waals surface area contributed by atoms with E-state index < -0.39 is 0 Å². The molecule has 1 fully saturated rings. The van der Waals surface area contributed by atoms with Gasteiger partial charge in [0.2, 0.25) is 0 Å². The second kappa shape index (κ2) is 8.29. The molecular formula is C19H22ClN3O2S. The van der Waals surface area contributed by atoms with Gasteiger partial charge in [-0.1, -0.05) is 23.9 Å². The Hall–Kier alpha value is -1.76. The van der Waals surface area contributed by atoms with Gasteiger partial charge < -0.3 is 22.0 Å². The number of carbonyl (C=O) groups is 1. The van der Waals surface area contributed by atoms with E-state index in [0.29, 0.717) is 18.3 Å². The molecule has 26 heavy (non-hydrogen) atoms. The summed E-state index contributed by atoms with van der Waals surface area (Å²) in [5.74, 6) is 1.10. The summed E-state index contributed by atoms with van der Waals surface area (Å²) in [4.78, 5) is 22.5. The molecule has 1 N–H and O–H groups in total. The number of para-hydroxylation sites is 1. The molecule has 0 spiro atoms. The molecule has 2 unspecified atom stereocenters. The van der Waals surface area contributed by atoms with Crippen molar-refractivity contribution in [2.45, 2.75) is 22.6 Å². The van der Waals surface area contributed by atoms with Crippen LogP contribution in [0.25, 0.3) is 0 Å². The van der Waals surface area contributed by atoms with E-state index in [1.54, 1.807) is 22.9 Å². The van der Waals surface area contributed by atoms with Gasteiger partial charge >= 0.3 is 6.09 Å². The number of halogens is 1. The first-order valence-electron chi connectivity index (χ1n) is 8.72. The van der Waals surface area contributed by atoms with E-state index in [1.165, 1.54) is 17.9 Å². The van der Waals surface area contributed by atoms with Crippen LogP contribution >= 0.6 is 11.8 Å². The highest BCUT2D eigenvalue weighted by molar-refractivity contribution is 7.99. The number of likely N-dealkylation sites (tertiary alicyclic amines) is 1. The molecule has 5 nitrogen and oxygen atoms in total. The minimum absolute atomic E-state index is 0. The molecule has 138 valence electrons. The second-order valence-electron chi connectivity index (χ2n) is 6.73. The average molecular weight is 392 g/mol. The highest BCUT2D eigenvalue weighted by Gasteiger charge is 2.31. The zero-order valence-corrected chi connectivity index (χ0v) is 16.2. The number of nitrogens with one attached hydrogen (secondary N) is 1. The van der Waals surface area contributed by atoms with Gasteiger partial charge in [-0.3, -0.25) is 0 Å². The maximum absolute atomic E-state index is 12.9. The summed E-state index contributed by atoms with van der Waals surface area (Å²) in [5, 5.41) is 0. The average Bonchev–Trinajstić information content (AvgIpc) is 2.64. The number of rotatable bonds is 2. The third-order valence-electron chi connectivity index (χ3n) is 4.77. The summed E-state index contributed by atoms with van der Waals surface area (Å²) >= 11 is 1.63. The Kier molecular flexibility index (Phi) is 6.06. The van der Waals surface area contributed by atoms with E-state index in [0.717, 1.165) is 28.4 Å². The van der Waals surface area contributed by atoms with Gasteiger partial charge in [-0.15, -0.1) is 0 Å². The van der Waals surface area contributed by atoms with Crippen LogP contribution in [-0.4, -0.2) is 37.8 Å². The number of carbonyl (C=O) groups excluding carboxylic acids is 1. The van der Waals surface area contributed by atoms with Gasteiger partial charge in [-0.05, 0) is 37.1 Å². The predicted octanol–water partition coefficient (Wildman–Crippen LogP) is -0.250. The third kappa shape index (κ3) is 3.82. The first-order chi connectivity index (χ1) is 12.2. The topological polar surface area (TPSA) is 46.9 Å². The number of fused-ring (bicyclic) bond motifs is 2. The molecular weight excluding hydrogens is 370 g/mol. The van der Waals surface area contributed by atoms with Gasteiger partial charge in [-0.2, -0.15) is 0 Å². The Morgan fingerprint density at radius 2 is 2.12 bits per heavy atom. The quantitative estimate of drug-likeness (QED) is 0.767. The molecule has 2 aliphatic heterocycles. The normalized spacial score (nSPS) is 21.2. The molecule has 1 saturated heterocycles. The van der Waals surface area contributed by atoms with Crippen molar-refractivity contribution in [1.82, 2.24) is 4.98 Å². The minimum Gasteiger partial charge on any atom is -1.00 e. The van der Waals surface area contributed by atoms with Crippen LogP contribution < -0.4 is 22.2 Å². The molecule has 0 radical (unpaired) electrons. The fourth-order valence-electron chi connectivity index (χ4n) is 3.56. The van der Waals surface area contributed by atoms with Crippen LogP contribution in [-0.2, 0) is 4.74 Å². The smallest absolute Gasteiger partial charge is 0.420 e. The summed E-state index contributed by atoms with van der Waals surface area (Å²) in [6, 6.07) is 11.8. The van der Waals surface area contributed by atoms with Crippen molar-refractivity contribution < 1.29 is 26.8 Å². The van der Waals surface area contributed by atoms with Crippen LogP contribution in [0.15, 0.2) is 52.4 Å². The predicted molar refractivity (Wildman–Crippen MR) is 97.6 cm³/mol. The van der Waals surface area contributed by atoms with E-state index in [1.807, 2.05) is 36.4 Å². The van der Waals surface area contributed by atoms with Crippen molar-refractivity contribution in [3.8, 4) is 0 Å². The number of hydrogen-bond donors (Lipinski definition) is 1. The molecule has 2 aliphatic rings. The number of pyridine rings is 1. The Morgan fingerprint density at radius 3 is 2.96 bits per heavy atom. The van der Waals surface area contributed by atoms with Crippen LogP contribution in [0.3, 0.4) is 0 Å². The standard InChI is InChI=1S/C19H21N3O2S.ClH/c1-21-11-5-6-14(12-21)13-24-19(23)22-15-7-2-3-8-16(15)25-17-9-4-10-20-18(17)22;/h2-4,7-10,14H,5-6,11-13H2,1H3;1H. The number of anilines is 2. The van der Waals surface area contributed by atoms with Gasteiger partial charge in [0, 0.05) is 17.0 Å². The van der Waals surface area contributed by atoms with Crippen molar-refractivity contribution in [1.29, 1.82) is 0 Å². The number of aromatic nitrogens is 1. The first-order valence-corrected chi connectivity index (χ1v) is 9.54. The number of nitrogens with zero attached hydrogens (tertiary/aromatic N) is 2. The van der Waals surface area contributed by atoms with E-state index in [2.05, 4.69) is 12.0 Å². The molecule has 0 saturated carbocycles. The Morgan fingerprint density at radius 1 is 1.31 bits per heavy atom. The molecule has 1 aromatic heterocycles. The number of ether oxygens (including phenoxy) is 1. The van der Waals surface area contributed by atoms with Crippen molar-refractivity contribution in [2.24, 2.45) is 5.92 Å². The fourth-order valence-corrected chi connectivity index (χ4v) is 4.59. The maximum Gasteiger partial charge on any atom is 0.420 e. The highest BCUT2D eigenvalue weighted by atomic mass is 35.5. The molecule has 4 rings (SSSR count). The molecule has 2 atom stereocenters. The zero-order chi connectivity index (χ0) is 17.2. The Balaban J connectivity index is 0.00000196. The number of amides is 1. The molecule has 0 bridgehead atoms. The number of benzene rings is 1. The molecule has 7 heteroatoms. The van der Waals surface area contributed by atoms with Gasteiger partial charge in [-0.25, -0.2) is 14.7 Å². The number of piperidine rings is 1. The van der Waals surface area contributed by atoms with Gasteiger partial charge in [0.25, 0.3) is 0 Å². The summed E-state index contributed by atoms with van der Waals surface area (Å²) < 4.78 is 5.71. The van der Waals surface area contributed by atoms with E-state index >= 15 is 0 Å². The van der Waals surface area contributed by atoms with Crippen molar-refractivity contribution in [3.05, 3.63) is 42.6 Å². The van der Waals surface area contributed by atoms with Crippen LogP contribution in [0.1, 0.15) is 12.8 Å². The Bertz CT molecular complexity index is 743. The van der Waals surface area contributed by atoms with E-state index in [-0.39, 0.29) is 18.5 Å². The summed E-state index contributed by atoms with van der Waals surface area (Å²) in [7, 11) is 2.20. The molecule has 0 aliphatic carbocycles. The highest BCUT2D eigenvalue weighted by Crippen LogP contribution is 2.47. The third-order valence-corrected chi connectivity index (χ3v) is 5.87. The fraction of sp³-hybridized carbons (Fsp3) is 0.368. The van der Waals surface area contributed by atoms with Gasteiger partial charge in [0.1, 0.15) is 6.61 Å². The first kappa shape index (κ1) is 19.0. The van der Waals surface area contributed by atoms with Crippen LogP contribution in [0.2, 0.25) is 0 Å². The largest absolute Gasteiger partial charge is 1.00 e. The summed E-state index contributed by atoms with van der Waals surface area (Å²) in [5.41, 5.74) is 0.843. The molecule has 1 amide bonds. The monoisotopic (exact) mass is 391 g/mol. The second-order valence-corrected chi connectivity index (χ2v) is 7.81. The van der Waals surface area contributed by atoms with Crippen molar-refractivity contribution in [3.63, 3.8) is 0 Å². The molecule has 1 aromatic carbocycles. The zero-order valence-electron chi connectivity index (χ0n) is 14.7. The van der Waals surface area contributed by atoms with E-state index in [9.17, 15) is 4.79 Å². The van der Waals surface area contributed by atoms with Crippen LogP contribution in [0.4, 0.5) is 16.3 Å². The lowest BCUT2D eigenvalue weighted by Gasteiger charge is -2.30. The van der Waals surface area contributed by atoms with Gasteiger partial charge in [0.05, 0.1) is 30.7 Å². The van der Waals surface area contributed by atoms with Crippen LogP contribution in [0.5, 0.6) is 0 Å². The number of hydrogen-bond acceptors (Lipinski definition) is 4. The van der Waals surface area contributed by atoms with Crippen molar-refractivity contribution >= 4 is 29.4 Å². The molecule has 3 heterocycles. The summed E-state index contributed by atoms with van der Waals surface area (Å²) in [6.45, 7) is 2.75. The van der Waals surface area contributed by atoms with Crippen LogP contribution in [0, 0.1) is 5.92 Å². The lowest BCUT2D eigenvalue weighted by atomic mass is 10.00.